The van der Waals surface area contributed by atoms with Crippen molar-refractivity contribution in [2.45, 2.75) is 0 Å². The molecule has 2 N–H and O–H groups in total. The molecular formula is C19H20ClN5O2. The van der Waals surface area contributed by atoms with E-state index in [1.54, 1.807) is 23.2 Å². The van der Waals surface area contributed by atoms with Crippen LogP contribution in [0.15, 0.2) is 42.7 Å². The van der Waals surface area contributed by atoms with Gasteiger partial charge in [-0.05, 0) is 24.3 Å². The minimum Gasteiger partial charge on any atom is -0.378 e. The minimum absolute atomic E-state index is 0.0459. The van der Waals surface area contributed by atoms with Crippen LogP contribution in [0.4, 0.5) is 11.5 Å². The van der Waals surface area contributed by atoms with Gasteiger partial charge in [0.2, 0.25) is 0 Å². The van der Waals surface area contributed by atoms with Gasteiger partial charge >= 0.3 is 0 Å². The smallest absolute Gasteiger partial charge is 0.257 e. The van der Waals surface area contributed by atoms with E-state index in [0.717, 1.165) is 10.9 Å². The van der Waals surface area contributed by atoms with Crippen LogP contribution >= 0.6 is 11.6 Å². The molecule has 1 saturated heterocycles. The highest BCUT2D eigenvalue weighted by Gasteiger charge is 2.24. The fourth-order valence-corrected chi connectivity index (χ4v) is 3.52. The summed E-state index contributed by atoms with van der Waals surface area (Å²) in [7, 11) is 1.91. The van der Waals surface area contributed by atoms with Crippen molar-refractivity contribution in [1.82, 2.24) is 14.5 Å². The second kappa shape index (κ2) is 7.19. The fraction of sp³-hybridized carbons (Fsp3) is 0.263. The lowest BCUT2D eigenvalue weighted by Gasteiger charge is -2.27. The molecule has 4 rings (SSSR count). The van der Waals surface area contributed by atoms with E-state index in [-0.39, 0.29) is 5.91 Å². The number of halogens is 1. The number of carbonyl (C=O) groups is 1. The summed E-state index contributed by atoms with van der Waals surface area (Å²) in [5.41, 5.74) is 2.07. The monoisotopic (exact) mass is 385 g/mol. The van der Waals surface area contributed by atoms with Crippen LogP contribution < -0.4 is 10.9 Å². The molecule has 2 aromatic heterocycles. The summed E-state index contributed by atoms with van der Waals surface area (Å²) in [6.07, 6.45) is 3.50. The average Bonchev–Trinajstić information content (AvgIpc) is 3.09. The molecule has 0 bridgehead atoms. The van der Waals surface area contributed by atoms with Crippen LogP contribution in [0.2, 0.25) is 5.02 Å². The average molecular weight is 386 g/mol. The molecule has 3 aromatic rings. The van der Waals surface area contributed by atoms with Gasteiger partial charge in [-0.25, -0.2) is 10.8 Å². The number of hydrogen-bond donors (Lipinski definition) is 1. The third-order valence-corrected chi connectivity index (χ3v) is 4.96. The third kappa shape index (κ3) is 3.25. The number of ether oxygens (including phenoxy) is 1. The zero-order valence-electron chi connectivity index (χ0n) is 14.9. The number of rotatable bonds is 3. The Morgan fingerprint density at radius 2 is 2.07 bits per heavy atom. The Morgan fingerprint density at radius 1 is 1.30 bits per heavy atom. The predicted molar refractivity (Wildman–Crippen MR) is 105 cm³/mol. The molecule has 0 atom stereocenters. The number of nitrogens with two attached hydrogens (primary N) is 1. The van der Waals surface area contributed by atoms with Crippen molar-refractivity contribution in [1.29, 1.82) is 0 Å². The molecule has 0 aliphatic carbocycles. The standard InChI is InChI=1S/C19H20ClN5O2/c1-23-6-5-15-17(23)16(19(26)24-7-9-27-10-8-24)12-22-18(15)25(21)14-4-2-3-13(20)11-14/h2-6,11-12H,7-10,21H2,1H3. The minimum atomic E-state index is -0.0459. The molecule has 1 aliphatic rings. The van der Waals surface area contributed by atoms with Gasteiger partial charge in [-0.3, -0.25) is 9.80 Å². The number of amides is 1. The molecule has 3 heterocycles. The van der Waals surface area contributed by atoms with Crippen LogP contribution in [-0.4, -0.2) is 46.7 Å². The van der Waals surface area contributed by atoms with Crippen LogP contribution in [0.25, 0.3) is 10.9 Å². The second-order valence-corrected chi connectivity index (χ2v) is 6.88. The lowest BCUT2D eigenvalue weighted by atomic mass is 10.1. The molecule has 1 aliphatic heterocycles. The molecule has 1 amide bonds. The topological polar surface area (TPSA) is 76.6 Å². The quantitative estimate of drug-likeness (QED) is 0.554. The summed E-state index contributed by atoms with van der Waals surface area (Å²) in [4.78, 5) is 19.3. The summed E-state index contributed by atoms with van der Waals surface area (Å²) in [5.74, 6) is 6.84. The summed E-state index contributed by atoms with van der Waals surface area (Å²) >= 11 is 6.08. The Morgan fingerprint density at radius 3 is 2.81 bits per heavy atom. The van der Waals surface area contributed by atoms with Gasteiger partial charge in [0.05, 0.1) is 30.0 Å². The maximum atomic E-state index is 13.0. The van der Waals surface area contributed by atoms with Crippen molar-refractivity contribution >= 4 is 39.9 Å². The number of morpholine rings is 1. The molecular weight excluding hydrogens is 366 g/mol. The van der Waals surface area contributed by atoms with Crippen molar-refractivity contribution in [2.24, 2.45) is 12.9 Å². The first kappa shape index (κ1) is 17.8. The highest BCUT2D eigenvalue weighted by atomic mass is 35.5. The summed E-state index contributed by atoms with van der Waals surface area (Å²) < 4.78 is 7.26. The molecule has 8 heteroatoms. The van der Waals surface area contributed by atoms with Crippen LogP contribution in [0.3, 0.4) is 0 Å². The summed E-state index contributed by atoms with van der Waals surface area (Å²) in [6.45, 7) is 2.27. The first-order valence-corrected chi connectivity index (χ1v) is 9.05. The van der Waals surface area contributed by atoms with E-state index < -0.39 is 0 Å². The molecule has 0 spiro atoms. The van der Waals surface area contributed by atoms with Gasteiger partial charge in [-0.1, -0.05) is 17.7 Å². The number of anilines is 2. The molecule has 1 aromatic carbocycles. The first-order chi connectivity index (χ1) is 13.1. The molecule has 27 heavy (non-hydrogen) atoms. The number of nitrogens with zero attached hydrogens (tertiary/aromatic N) is 4. The van der Waals surface area contributed by atoms with E-state index in [4.69, 9.17) is 22.2 Å². The largest absolute Gasteiger partial charge is 0.378 e. The van der Waals surface area contributed by atoms with Crippen molar-refractivity contribution in [3.8, 4) is 0 Å². The number of carbonyl (C=O) groups excluding carboxylic acids is 1. The first-order valence-electron chi connectivity index (χ1n) is 8.67. The Bertz CT molecular complexity index is 997. The second-order valence-electron chi connectivity index (χ2n) is 6.44. The molecule has 0 radical (unpaired) electrons. The van der Waals surface area contributed by atoms with Gasteiger partial charge in [-0.2, -0.15) is 0 Å². The fourth-order valence-electron chi connectivity index (χ4n) is 3.34. The number of aromatic nitrogens is 2. The van der Waals surface area contributed by atoms with Gasteiger partial charge in [0, 0.05) is 42.9 Å². The van der Waals surface area contributed by atoms with Gasteiger partial charge in [-0.15, -0.1) is 0 Å². The Balaban J connectivity index is 1.78. The lowest BCUT2D eigenvalue weighted by Crippen LogP contribution is -2.41. The molecule has 140 valence electrons. The number of fused-ring (bicyclic) bond motifs is 1. The summed E-state index contributed by atoms with van der Waals surface area (Å²) in [5, 5.41) is 2.88. The van der Waals surface area contributed by atoms with Crippen LogP contribution in [-0.2, 0) is 11.8 Å². The zero-order chi connectivity index (χ0) is 19.0. The zero-order valence-corrected chi connectivity index (χ0v) is 15.7. The molecule has 0 saturated carbocycles. The molecule has 0 unspecified atom stereocenters. The normalized spacial score (nSPS) is 14.6. The molecule has 7 nitrogen and oxygen atoms in total. The van der Waals surface area contributed by atoms with Crippen molar-refractivity contribution < 1.29 is 9.53 Å². The van der Waals surface area contributed by atoms with Gasteiger partial charge in [0.1, 0.15) is 0 Å². The Kier molecular flexibility index (Phi) is 4.73. The van der Waals surface area contributed by atoms with Crippen molar-refractivity contribution in [2.75, 3.05) is 31.3 Å². The predicted octanol–water partition coefficient (Wildman–Crippen LogP) is 2.71. The lowest BCUT2D eigenvalue weighted by molar-refractivity contribution is 0.0303. The maximum Gasteiger partial charge on any atom is 0.257 e. The highest BCUT2D eigenvalue weighted by molar-refractivity contribution is 6.30. The number of hydrogen-bond acceptors (Lipinski definition) is 5. The van der Waals surface area contributed by atoms with Crippen LogP contribution in [0.5, 0.6) is 0 Å². The van der Waals surface area contributed by atoms with Crippen LogP contribution in [0.1, 0.15) is 10.4 Å². The van der Waals surface area contributed by atoms with E-state index in [1.165, 1.54) is 5.01 Å². The van der Waals surface area contributed by atoms with E-state index in [1.807, 2.05) is 36.0 Å². The third-order valence-electron chi connectivity index (χ3n) is 4.73. The van der Waals surface area contributed by atoms with Crippen LogP contribution in [0, 0.1) is 0 Å². The number of benzene rings is 1. The number of pyridine rings is 1. The van der Waals surface area contributed by atoms with Crippen molar-refractivity contribution in [3.63, 3.8) is 0 Å². The number of aryl methyl sites for hydroxylation is 1. The van der Waals surface area contributed by atoms with Gasteiger partial charge in [0.15, 0.2) is 5.82 Å². The highest BCUT2D eigenvalue weighted by Crippen LogP contribution is 2.32. The Labute approximate surface area is 161 Å². The Hall–Kier alpha value is -2.61. The molecule has 1 fully saturated rings. The summed E-state index contributed by atoms with van der Waals surface area (Å²) in [6, 6.07) is 9.16. The maximum absolute atomic E-state index is 13.0. The van der Waals surface area contributed by atoms with E-state index in [0.29, 0.717) is 48.4 Å². The van der Waals surface area contributed by atoms with Gasteiger partial charge in [0.25, 0.3) is 5.91 Å². The van der Waals surface area contributed by atoms with Gasteiger partial charge < -0.3 is 14.2 Å². The SMILES string of the molecule is Cn1ccc2c(N(N)c3cccc(Cl)c3)ncc(C(=O)N3CCOCC3)c21. The van der Waals surface area contributed by atoms with E-state index >= 15 is 0 Å². The van der Waals surface area contributed by atoms with Crippen molar-refractivity contribution in [3.05, 3.63) is 53.3 Å². The van der Waals surface area contributed by atoms with E-state index in [2.05, 4.69) is 4.98 Å². The number of hydrazine groups is 1. The van der Waals surface area contributed by atoms with E-state index in [9.17, 15) is 4.79 Å².